The third-order valence-corrected chi connectivity index (χ3v) is 5.54. The molecule has 0 bridgehead atoms. The van der Waals surface area contributed by atoms with Crippen LogP contribution in [0.4, 0.5) is 0 Å². The molecule has 0 amide bonds. The van der Waals surface area contributed by atoms with Crippen LogP contribution in [0.5, 0.6) is 5.75 Å². The van der Waals surface area contributed by atoms with E-state index in [1.165, 1.54) is 23.4 Å². The first-order valence-corrected chi connectivity index (χ1v) is 9.71. The van der Waals surface area contributed by atoms with Crippen molar-refractivity contribution in [1.82, 2.24) is 19.2 Å². The molecule has 4 aromatic rings. The highest BCUT2D eigenvalue weighted by Gasteiger charge is 2.22. The van der Waals surface area contributed by atoms with Gasteiger partial charge in [-0.05, 0) is 31.2 Å². The molecule has 0 fully saturated rings. The lowest BCUT2D eigenvalue weighted by Gasteiger charge is -2.13. The maximum Gasteiger partial charge on any atom is 0.318 e. The monoisotopic (exact) mass is 410 g/mol. The predicted octanol–water partition coefficient (Wildman–Crippen LogP) is 2.70. The summed E-state index contributed by atoms with van der Waals surface area (Å²) in [5, 5.41) is 9.03. The highest BCUT2D eigenvalue weighted by molar-refractivity contribution is 8.00. The molecule has 0 radical (unpaired) electrons. The summed E-state index contributed by atoms with van der Waals surface area (Å²) in [5.41, 5.74) is 1.05. The molecule has 0 aliphatic rings. The standard InChI is InChI=1S/C20H18N4O4S/c1-12(18(26)28-3)29-20-22-21-19-23(13-7-6-8-14(11-13)27-2)17(25)15-9-4-5-10-16(15)24(19)20/h4-12H,1-3H3. The van der Waals surface area contributed by atoms with E-state index in [0.717, 1.165) is 0 Å². The van der Waals surface area contributed by atoms with E-state index in [0.29, 0.717) is 33.3 Å². The van der Waals surface area contributed by atoms with Crippen molar-refractivity contribution >= 4 is 34.4 Å². The average Bonchev–Trinajstić information content (AvgIpc) is 3.16. The molecule has 29 heavy (non-hydrogen) atoms. The molecule has 0 aliphatic carbocycles. The fraction of sp³-hybridized carbons (Fsp3) is 0.200. The maximum atomic E-state index is 13.3. The van der Waals surface area contributed by atoms with Gasteiger partial charge in [0.25, 0.3) is 5.56 Å². The summed E-state index contributed by atoms with van der Waals surface area (Å²) in [6.07, 6.45) is 0. The lowest BCUT2D eigenvalue weighted by atomic mass is 10.2. The molecule has 0 spiro atoms. The van der Waals surface area contributed by atoms with Crippen molar-refractivity contribution < 1.29 is 14.3 Å². The number of rotatable bonds is 5. The average molecular weight is 410 g/mol. The van der Waals surface area contributed by atoms with Gasteiger partial charge < -0.3 is 9.47 Å². The molecule has 2 aromatic heterocycles. The zero-order valence-corrected chi connectivity index (χ0v) is 16.8. The first-order chi connectivity index (χ1) is 14.0. The van der Waals surface area contributed by atoms with Crippen LogP contribution >= 0.6 is 11.8 Å². The Bertz CT molecular complexity index is 1280. The van der Waals surface area contributed by atoms with Crippen LogP contribution in [0.2, 0.25) is 0 Å². The van der Waals surface area contributed by atoms with Crippen LogP contribution in [0.25, 0.3) is 22.4 Å². The molecule has 0 aliphatic heterocycles. The predicted molar refractivity (Wildman–Crippen MR) is 110 cm³/mol. The van der Waals surface area contributed by atoms with E-state index in [2.05, 4.69) is 10.2 Å². The number of para-hydroxylation sites is 1. The van der Waals surface area contributed by atoms with E-state index in [1.807, 2.05) is 12.1 Å². The molecular weight excluding hydrogens is 392 g/mol. The third kappa shape index (κ3) is 3.23. The fourth-order valence-electron chi connectivity index (χ4n) is 3.11. The summed E-state index contributed by atoms with van der Waals surface area (Å²) in [6.45, 7) is 1.73. The van der Waals surface area contributed by atoms with E-state index < -0.39 is 5.25 Å². The van der Waals surface area contributed by atoms with Gasteiger partial charge in [0, 0.05) is 6.07 Å². The van der Waals surface area contributed by atoms with Crippen LogP contribution in [0.15, 0.2) is 58.5 Å². The molecule has 9 heteroatoms. The van der Waals surface area contributed by atoms with Gasteiger partial charge in [-0.15, -0.1) is 10.2 Å². The van der Waals surface area contributed by atoms with E-state index in [9.17, 15) is 9.59 Å². The Balaban J connectivity index is 2.03. The molecule has 0 N–H and O–H groups in total. The molecule has 8 nitrogen and oxygen atoms in total. The van der Waals surface area contributed by atoms with Crippen molar-refractivity contribution in [3.05, 3.63) is 58.9 Å². The summed E-state index contributed by atoms with van der Waals surface area (Å²) in [4.78, 5) is 25.2. The van der Waals surface area contributed by atoms with Gasteiger partial charge in [-0.1, -0.05) is 30.0 Å². The quantitative estimate of drug-likeness (QED) is 0.369. The number of fused-ring (bicyclic) bond motifs is 3. The Morgan fingerprint density at radius 2 is 1.90 bits per heavy atom. The smallest absolute Gasteiger partial charge is 0.318 e. The Labute approximate surface area is 170 Å². The minimum absolute atomic E-state index is 0.216. The Morgan fingerprint density at radius 1 is 1.10 bits per heavy atom. The summed E-state index contributed by atoms with van der Waals surface area (Å²) in [6, 6.07) is 14.4. The molecular formula is C20H18N4O4S. The van der Waals surface area contributed by atoms with Gasteiger partial charge >= 0.3 is 5.97 Å². The van der Waals surface area contributed by atoms with Crippen molar-refractivity contribution in [3.63, 3.8) is 0 Å². The number of thioether (sulfide) groups is 1. The second-order valence-electron chi connectivity index (χ2n) is 6.26. The first-order valence-electron chi connectivity index (χ1n) is 8.83. The minimum Gasteiger partial charge on any atom is -0.497 e. The number of hydrogen-bond acceptors (Lipinski definition) is 7. The van der Waals surface area contributed by atoms with Gasteiger partial charge in [-0.2, -0.15) is 0 Å². The van der Waals surface area contributed by atoms with Crippen LogP contribution in [-0.4, -0.2) is 44.6 Å². The third-order valence-electron chi connectivity index (χ3n) is 4.52. The number of ether oxygens (including phenoxy) is 2. The van der Waals surface area contributed by atoms with E-state index in [-0.39, 0.29) is 11.5 Å². The number of benzene rings is 2. The molecule has 1 unspecified atom stereocenters. The van der Waals surface area contributed by atoms with Crippen LogP contribution < -0.4 is 10.3 Å². The molecule has 1 atom stereocenters. The molecule has 0 saturated carbocycles. The van der Waals surface area contributed by atoms with Gasteiger partial charge in [0.05, 0.1) is 30.8 Å². The molecule has 148 valence electrons. The number of hydrogen-bond donors (Lipinski definition) is 0. The van der Waals surface area contributed by atoms with Gasteiger partial charge in [0.2, 0.25) is 5.78 Å². The van der Waals surface area contributed by atoms with Crippen LogP contribution in [-0.2, 0) is 9.53 Å². The van der Waals surface area contributed by atoms with Crippen molar-refractivity contribution in [2.75, 3.05) is 14.2 Å². The zero-order valence-electron chi connectivity index (χ0n) is 16.0. The Kier molecular flexibility index (Phi) is 4.98. The zero-order chi connectivity index (χ0) is 20.5. The number of carbonyl (C=O) groups is 1. The maximum absolute atomic E-state index is 13.3. The highest BCUT2D eigenvalue weighted by Crippen LogP contribution is 2.27. The summed E-state index contributed by atoms with van der Waals surface area (Å²) in [5.74, 6) is 0.604. The number of carbonyl (C=O) groups excluding carboxylic acids is 1. The molecule has 2 aromatic carbocycles. The normalized spacial score (nSPS) is 12.2. The summed E-state index contributed by atoms with van der Waals surface area (Å²) >= 11 is 1.22. The summed E-state index contributed by atoms with van der Waals surface area (Å²) < 4.78 is 13.4. The van der Waals surface area contributed by atoms with Gasteiger partial charge in [-0.25, -0.2) is 4.57 Å². The number of esters is 1. The number of methoxy groups -OCH3 is 2. The Hall–Kier alpha value is -3.33. The molecule has 0 saturated heterocycles. The van der Waals surface area contributed by atoms with Crippen LogP contribution in [0, 0.1) is 0 Å². The van der Waals surface area contributed by atoms with Crippen molar-refractivity contribution in [2.24, 2.45) is 0 Å². The van der Waals surface area contributed by atoms with E-state index in [1.54, 1.807) is 54.8 Å². The van der Waals surface area contributed by atoms with Gasteiger partial charge in [-0.3, -0.25) is 14.0 Å². The second kappa shape index (κ2) is 7.59. The van der Waals surface area contributed by atoms with E-state index >= 15 is 0 Å². The molecule has 4 rings (SSSR count). The lowest BCUT2D eigenvalue weighted by Crippen LogP contribution is -2.22. The highest BCUT2D eigenvalue weighted by atomic mass is 32.2. The van der Waals surface area contributed by atoms with Crippen molar-refractivity contribution in [3.8, 4) is 11.4 Å². The van der Waals surface area contributed by atoms with Crippen molar-refractivity contribution in [1.29, 1.82) is 0 Å². The second-order valence-corrected chi connectivity index (χ2v) is 7.57. The molecule has 2 heterocycles. The number of nitrogens with zero attached hydrogens (tertiary/aromatic N) is 4. The topological polar surface area (TPSA) is 87.7 Å². The van der Waals surface area contributed by atoms with Gasteiger partial charge in [0.1, 0.15) is 11.0 Å². The fourth-order valence-corrected chi connectivity index (χ4v) is 3.99. The Morgan fingerprint density at radius 3 is 2.66 bits per heavy atom. The van der Waals surface area contributed by atoms with Crippen LogP contribution in [0.3, 0.4) is 0 Å². The number of aromatic nitrogens is 4. The SMILES string of the molecule is COC(=O)C(C)Sc1nnc2n(-c3cccc(OC)c3)c(=O)c3ccccc3n12. The van der Waals surface area contributed by atoms with Gasteiger partial charge in [0.15, 0.2) is 5.16 Å². The summed E-state index contributed by atoms with van der Waals surface area (Å²) in [7, 11) is 2.91. The lowest BCUT2D eigenvalue weighted by molar-refractivity contribution is -0.139. The van der Waals surface area contributed by atoms with Crippen LogP contribution in [0.1, 0.15) is 6.92 Å². The van der Waals surface area contributed by atoms with Crippen molar-refractivity contribution in [2.45, 2.75) is 17.3 Å². The minimum atomic E-state index is -0.483. The van der Waals surface area contributed by atoms with E-state index in [4.69, 9.17) is 9.47 Å². The first kappa shape index (κ1) is 19.0. The largest absolute Gasteiger partial charge is 0.497 e.